The van der Waals surface area contributed by atoms with Gasteiger partial charge in [-0.3, -0.25) is 14.5 Å². The fourth-order valence-corrected chi connectivity index (χ4v) is 6.96. The first-order chi connectivity index (χ1) is 18.4. The fourth-order valence-electron chi connectivity index (χ4n) is 6.02. The summed E-state index contributed by atoms with van der Waals surface area (Å²) in [5.74, 6) is -2.45. The molecule has 0 spiro atoms. The van der Waals surface area contributed by atoms with Crippen molar-refractivity contribution in [2.24, 2.45) is 11.8 Å². The summed E-state index contributed by atoms with van der Waals surface area (Å²) in [5.41, 5.74) is 2.00. The van der Waals surface area contributed by atoms with Crippen LogP contribution in [0.3, 0.4) is 0 Å². The number of aryl methyl sites for hydroxylation is 1. The molecule has 1 atom stereocenters. The van der Waals surface area contributed by atoms with Gasteiger partial charge in [0.2, 0.25) is 0 Å². The summed E-state index contributed by atoms with van der Waals surface area (Å²) >= 11 is 8.03. The number of fused-ring (bicyclic) bond motifs is 1. The molecule has 1 unspecified atom stereocenters. The summed E-state index contributed by atoms with van der Waals surface area (Å²) in [5, 5.41) is 3.14. The Bertz CT molecular complexity index is 1340. The molecule has 212 valence electrons. The van der Waals surface area contributed by atoms with E-state index < -0.39 is 11.7 Å². The number of ether oxygens (including phenoxy) is 2. The highest BCUT2D eigenvalue weighted by Gasteiger charge is 2.48. The summed E-state index contributed by atoms with van der Waals surface area (Å²) in [7, 11) is 0. The van der Waals surface area contributed by atoms with E-state index in [1.165, 1.54) is 11.8 Å². The number of nitrogens with one attached hydrogen (secondary N) is 2. The molecular weight excluding hydrogens is 548 g/mol. The Balaban J connectivity index is 1.25. The number of rotatable bonds is 7. The lowest BCUT2D eigenvalue weighted by Crippen LogP contribution is -2.57. The van der Waals surface area contributed by atoms with Crippen LogP contribution in [0.15, 0.2) is 21.8 Å². The molecule has 1 aliphatic carbocycles. The van der Waals surface area contributed by atoms with Crippen LogP contribution < -0.4 is 20.3 Å². The lowest BCUT2D eigenvalue weighted by atomic mass is 9.78. The first-order valence-electron chi connectivity index (χ1n) is 13.3. The molecule has 1 saturated heterocycles. The molecule has 1 aromatic carbocycles. The second-order valence-corrected chi connectivity index (χ2v) is 12.4. The monoisotopic (exact) mass is 581 g/mol. The summed E-state index contributed by atoms with van der Waals surface area (Å²) in [4.78, 5) is 31.1. The molecule has 0 bridgehead atoms. The van der Waals surface area contributed by atoms with Gasteiger partial charge in [0, 0.05) is 53.2 Å². The van der Waals surface area contributed by atoms with Crippen molar-refractivity contribution < 1.29 is 23.0 Å². The Labute approximate surface area is 236 Å². The van der Waals surface area contributed by atoms with Gasteiger partial charge in [-0.15, -0.1) is 11.8 Å². The fraction of sp³-hybridized carbons (Fsp3) is 0.571. The third-order valence-electron chi connectivity index (χ3n) is 8.18. The van der Waals surface area contributed by atoms with Crippen molar-refractivity contribution >= 4 is 29.3 Å². The van der Waals surface area contributed by atoms with Crippen LogP contribution in [0.2, 0.25) is 5.02 Å². The quantitative estimate of drug-likeness (QED) is 0.418. The van der Waals surface area contributed by atoms with Crippen molar-refractivity contribution in [3.63, 3.8) is 0 Å². The van der Waals surface area contributed by atoms with Crippen LogP contribution in [0.25, 0.3) is 0 Å². The second kappa shape index (κ2) is 10.6. The molecule has 5 rings (SSSR count). The molecule has 3 aliphatic rings. The van der Waals surface area contributed by atoms with E-state index in [1.807, 2.05) is 31.1 Å². The Hall–Kier alpha value is -2.30. The topological polar surface area (TPSA) is 83.7 Å². The van der Waals surface area contributed by atoms with E-state index in [1.54, 1.807) is 13.0 Å². The average molecular weight is 582 g/mol. The first-order valence-corrected chi connectivity index (χ1v) is 14.9. The van der Waals surface area contributed by atoms with Gasteiger partial charge in [-0.25, -0.2) is 8.78 Å². The summed E-state index contributed by atoms with van der Waals surface area (Å²) in [6, 6.07) is 3.46. The Morgan fingerprint density at radius 2 is 1.85 bits per heavy atom. The van der Waals surface area contributed by atoms with E-state index in [4.69, 9.17) is 21.1 Å². The van der Waals surface area contributed by atoms with Crippen LogP contribution >= 0.6 is 23.4 Å². The number of hydrogen-bond donors (Lipinski definition) is 2. The summed E-state index contributed by atoms with van der Waals surface area (Å²) in [6.45, 7) is 6.02. The molecule has 11 heteroatoms. The maximum absolute atomic E-state index is 13.2. The lowest BCUT2D eigenvalue weighted by molar-refractivity contribution is -0.141. The minimum Gasteiger partial charge on any atom is -0.448 e. The molecule has 2 aliphatic heterocycles. The van der Waals surface area contributed by atoms with Gasteiger partial charge in [0.1, 0.15) is 0 Å². The SMILES string of the molecule is CSc1cc(C)[nH]c(=O)c1CNC(=O)c1cc(Cl)c2c(c1C)OC(C)(C1CCC(CN3CC(F)(F)C3)CC1)O2. The number of likely N-dealkylation sites (tertiary alicyclic amines) is 1. The Morgan fingerprint density at radius 3 is 2.49 bits per heavy atom. The largest absolute Gasteiger partial charge is 0.448 e. The average Bonchev–Trinajstić information content (AvgIpc) is 3.24. The van der Waals surface area contributed by atoms with Crippen LogP contribution in [-0.4, -0.2) is 53.4 Å². The van der Waals surface area contributed by atoms with Crippen molar-refractivity contribution in [1.29, 1.82) is 0 Å². The van der Waals surface area contributed by atoms with Crippen LogP contribution in [0.4, 0.5) is 8.78 Å². The van der Waals surface area contributed by atoms with E-state index in [9.17, 15) is 18.4 Å². The predicted octanol–water partition coefficient (Wildman–Crippen LogP) is 5.54. The smallest absolute Gasteiger partial charge is 0.272 e. The number of nitrogens with zero attached hydrogens (tertiary/aromatic N) is 1. The van der Waals surface area contributed by atoms with Gasteiger partial charge in [-0.2, -0.15) is 0 Å². The normalized spacial score (nSPS) is 25.8. The van der Waals surface area contributed by atoms with Crippen molar-refractivity contribution in [2.45, 2.75) is 69.6 Å². The molecule has 1 saturated carbocycles. The number of halogens is 3. The zero-order valence-electron chi connectivity index (χ0n) is 22.6. The number of carbonyl (C=O) groups excluding carboxylic acids is 1. The van der Waals surface area contributed by atoms with Crippen molar-refractivity contribution in [1.82, 2.24) is 15.2 Å². The van der Waals surface area contributed by atoms with Gasteiger partial charge in [0.05, 0.1) is 18.1 Å². The number of benzene rings is 1. The Morgan fingerprint density at radius 1 is 1.18 bits per heavy atom. The number of aromatic amines is 1. The van der Waals surface area contributed by atoms with E-state index in [0.29, 0.717) is 40.7 Å². The van der Waals surface area contributed by atoms with Crippen LogP contribution in [0.5, 0.6) is 11.5 Å². The van der Waals surface area contributed by atoms with Gasteiger partial charge in [0.25, 0.3) is 23.2 Å². The number of amides is 1. The predicted molar refractivity (Wildman–Crippen MR) is 147 cm³/mol. The standard InChI is InChI=1S/C28H34ClF2N3O4S/c1-15-9-22(39-4)20(26(36)33-15)11-32-25(35)19-10-21(29)24-23(16(19)2)37-27(3,38-24)18-7-5-17(6-8-18)12-34-13-28(30,31)14-34/h9-10,17-18H,5-8,11-14H2,1-4H3,(H,32,35)(H,33,36). The van der Waals surface area contributed by atoms with Gasteiger partial charge in [-0.1, -0.05) is 11.6 Å². The first kappa shape index (κ1) is 28.2. The van der Waals surface area contributed by atoms with Gasteiger partial charge >= 0.3 is 0 Å². The molecule has 39 heavy (non-hydrogen) atoms. The van der Waals surface area contributed by atoms with Gasteiger partial charge < -0.3 is 19.8 Å². The van der Waals surface area contributed by atoms with Crippen LogP contribution in [0, 0.1) is 25.7 Å². The maximum atomic E-state index is 13.2. The third-order valence-corrected chi connectivity index (χ3v) is 9.27. The lowest BCUT2D eigenvalue weighted by Gasteiger charge is -2.43. The summed E-state index contributed by atoms with van der Waals surface area (Å²) in [6.07, 6.45) is 5.43. The van der Waals surface area contributed by atoms with Crippen LogP contribution in [-0.2, 0) is 6.54 Å². The second-order valence-electron chi connectivity index (χ2n) is 11.2. The van der Waals surface area contributed by atoms with E-state index in [0.717, 1.165) is 36.3 Å². The minimum absolute atomic E-state index is 0.0755. The zero-order valence-corrected chi connectivity index (χ0v) is 24.2. The third kappa shape index (κ3) is 5.65. The van der Waals surface area contributed by atoms with E-state index in [2.05, 4.69) is 10.3 Å². The highest BCUT2D eigenvalue weighted by atomic mass is 35.5. The Kier molecular flexibility index (Phi) is 7.67. The molecule has 1 amide bonds. The molecule has 2 N–H and O–H groups in total. The highest BCUT2D eigenvalue weighted by Crippen LogP contribution is 2.52. The number of H-pyrrole nitrogens is 1. The van der Waals surface area contributed by atoms with Crippen molar-refractivity contribution in [3.8, 4) is 11.5 Å². The van der Waals surface area contributed by atoms with E-state index in [-0.39, 0.29) is 42.0 Å². The van der Waals surface area contributed by atoms with Crippen molar-refractivity contribution in [2.75, 3.05) is 25.9 Å². The van der Waals surface area contributed by atoms with E-state index >= 15 is 0 Å². The molecular formula is C28H34ClF2N3O4S. The van der Waals surface area contributed by atoms with Gasteiger partial charge in [-0.05, 0) is 63.8 Å². The molecule has 1 aromatic heterocycles. The number of carbonyl (C=O) groups is 1. The van der Waals surface area contributed by atoms with Crippen LogP contribution in [0.1, 0.15) is 59.8 Å². The molecule has 7 nitrogen and oxygen atoms in total. The highest BCUT2D eigenvalue weighted by molar-refractivity contribution is 7.98. The number of alkyl halides is 2. The minimum atomic E-state index is -2.54. The number of thioether (sulfide) groups is 1. The summed E-state index contributed by atoms with van der Waals surface area (Å²) < 4.78 is 39.1. The van der Waals surface area contributed by atoms with Gasteiger partial charge in [0.15, 0.2) is 11.5 Å². The molecule has 2 aromatic rings. The molecule has 0 radical (unpaired) electrons. The molecule has 3 heterocycles. The number of hydrogen-bond acceptors (Lipinski definition) is 6. The maximum Gasteiger partial charge on any atom is 0.272 e. The molecule has 2 fully saturated rings. The number of pyridine rings is 1. The van der Waals surface area contributed by atoms with Crippen molar-refractivity contribution in [3.05, 3.63) is 49.9 Å². The number of aromatic nitrogens is 1. The zero-order chi connectivity index (χ0) is 28.1.